The van der Waals surface area contributed by atoms with E-state index in [1.54, 1.807) is 0 Å². The summed E-state index contributed by atoms with van der Waals surface area (Å²) in [5.41, 5.74) is 44.7. The third-order valence-electron chi connectivity index (χ3n) is 33.5. The molecule has 0 bridgehead atoms. The van der Waals surface area contributed by atoms with Gasteiger partial charge in [0.1, 0.15) is 11.2 Å². The van der Waals surface area contributed by atoms with Gasteiger partial charge in [0, 0.05) is 141 Å². The number of aromatic nitrogens is 6. The Morgan fingerprint density at radius 1 is 0.174 bits per heavy atom. The molecule has 0 N–H and O–H groups in total. The van der Waals surface area contributed by atoms with Crippen LogP contribution in [0.1, 0.15) is 74.9 Å². The zero-order valence-corrected chi connectivity index (χ0v) is 83.8. The number of furan rings is 1. The van der Waals surface area contributed by atoms with Gasteiger partial charge in [0.05, 0.1) is 71.6 Å². The number of thiophene rings is 1. The summed E-state index contributed by atoms with van der Waals surface area (Å²) in [5.74, 6) is 0. The second-order valence-corrected chi connectivity index (χ2v) is 43.5. The van der Waals surface area contributed by atoms with Crippen molar-refractivity contribution in [3.8, 4) is 89.8 Å². The zero-order chi connectivity index (χ0) is 98.7. The van der Waals surface area contributed by atoms with Gasteiger partial charge >= 0.3 is 0 Å². The number of nitrogens with zero attached hydrogens (tertiary/aromatic N) is 6. The van der Waals surface area contributed by atoms with Crippen molar-refractivity contribution in [2.45, 2.75) is 57.8 Å². The highest BCUT2D eigenvalue weighted by molar-refractivity contribution is 7.26. The Bertz CT molecular complexity index is 10500. The normalized spacial score (nSPS) is 13.6. The van der Waals surface area contributed by atoms with Crippen LogP contribution >= 0.6 is 11.3 Å². The molecule has 7 nitrogen and oxygen atoms in total. The van der Waals surface area contributed by atoms with E-state index < -0.39 is 0 Å². The van der Waals surface area contributed by atoms with Gasteiger partial charge in [-0.15, -0.1) is 11.3 Å². The highest BCUT2D eigenvalue weighted by Crippen LogP contribution is 2.57. The Morgan fingerprint density at radius 3 is 0.953 bits per heavy atom. The monoisotopic (exact) mass is 1920 g/mol. The maximum Gasteiger partial charge on any atom is 0.145 e. The Kier molecular flexibility index (Phi) is 18.2. The lowest BCUT2D eigenvalue weighted by atomic mass is 9.82. The van der Waals surface area contributed by atoms with E-state index in [2.05, 4.69) is 536 Å². The van der Waals surface area contributed by atoms with Gasteiger partial charge in [-0.3, -0.25) is 0 Å². The first-order chi connectivity index (χ1) is 73.2. The summed E-state index contributed by atoms with van der Waals surface area (Å²) in [5, 5.41) is 20.2. The van der Waals surface area contributed by atoms with Crippen molar-refractivity contribution in [2.75, 3.05) is 0 Å². The average molecular weight is 1920 g/mol. The molecule has 149 heavy (non-hydrogen) atoms. The van der Waals surface area contributed by atoms with Crippen molar-refractivity contribution in [3.05, 3.63) is 507 Å². The van der Waals surface area contributed by atoms with Crippen LogP contribution in [-0.2, 0) is 16.2 Å². The number of hydrogen-bond acceptors (Lipinski definition) is 2. The van der Waals surface area contributed by atoms with Crippen LogP contribution in [-0.4, -0.2) is 27.4 Å². The van der Waals surface area contributed by atoms with Crippen LogP contribution in [0.3, 0.4) is 0 Å². The molecule has 33 rings (SSSR count). The van der Waals surface area contributed by atoms with Crippen molar-refractivity contribution in [2.24, 2.45) is 0 Å². The Balaban J connectivity index is 0.000000101. The number of fused-ring (bicyclic) bond motifs is 35. The standard InChI is InChI=1S/C51H36N2.C45H30N2O.C45H30N2S/c1-51(2)45-17-9-6-14-39(45)42-31-44-41-16-8-11-19-48(41)53(50(44)32-46(42)51)38-27-24-34(25-28-38)33-20-22-35(23-21-33)36-26-29-49-43(30-36)40-15-7-10-18-47(40)52(49)37-12-4-3-5-13-37;2*1-45(2)36-17-9-6-14-29(36)33-25-35-34-24-28(20-22-39(34)46(41(35)26-37(33)45)27-12-4-3-5-13-27)47-38-18-10-7-16-32(38)43-40(47)23-21-31-30-15-8-11-19-42(30)48-44(31)43/h3-32H,1-2H3;2*3-26H,1-2H3. The summed E-state index contributed by atoms with van der Waals surface area (Å²) < 4.78 is 23.9. The molecule has 0 atom stereocenters. The van der Waals surface area contributed by atoms with Crippen LogP contribution in [0.25, 0.3) is 263 Å². The number of rotatable bonds is 8. The summed E-state index contributed by atoms with van der Waals surface area (Å²) in [4.78, 5) is 0. The maximum absolute atomic E-state index is 6.57. The minimum atomic E-state index is -0.0752. The molecule has 8 heteroatoms. The lowest BCUT2D eigenvalue weighted by molar-refractivity contribution is 0.661. The largest absolute Gasteiger partial charge is 0.455 e. The fourth-order valence-corrected chi connectivity index (χ4v) is 27.8. The van der Waals surface area contributed by atoms with Gasteiger partial charge in [0.2, 0.25) is 0 Å². The van der Waals surface area contributed by atoms with E-state index in [0.29, 0.717) is 0 Å². The Morgan fingerprint density at radius 2 is 0.477 bits per heavy atom. The predicted octanol–water partition coefficient (Wildman–Crippen LogP) is 38.2. The molecule has 8 aromatic heterocycles. The third kappa shape index (κ3) is 12.3. The fraction of sp³-hybridized carbons (Fsp3) is 0.0638. The van der Waals surface area contributed by atoms with Crippen LogP contribution in [0.2, 0.25) is 0 Å². The van der Waals surface area contributed by atoms with E-state index in [0.717, 1.165) is 38.5 Å². The van der Waals surface area contributed by atoms with Crippen LogP contribution < -0.4 is 0 Å². The summed E-state index contributed by atoms with van der Waals surface area (Å²) >= 11 is 1.91. The third-order valence-corrected chi connectivity index (χ3v) is 34.8. The minimum Gasteiger partial charge on any atom is -0.455 e. The van der Waals surface area contributed by atoms with Gasteiger partial charge in [-0.2, -0.15) is 0 Å². The maximum atomic E-state index is 6.57. The van der Waals surface area contributed by atoms with Crippen molar-refractivity contribution < 1.29 is 4.42 Å². The van der Waals surface area contributed by atoms with Gasteiger partial charge < -0.3 is 31.8 Å². The summed E-state index contributed by atoms with van der Waals surface area (Å²) in [6, 6.07) is 174. The quantitative estimate of drug-likeness (QED) is 0.149. The van der Waals surface area contributed by atoms with E-state index in [1.807, 2.05) is 17.4 Å². The smallest absolute Gasteiger partial charge is 0.145 e. The molecule has 0 aliphatic heterocycles. The average Bonchev–Trinajstić information content (AvgIpc) is 1.55. The number of para-hydroxylation sites is 8. The first kappa shape index (κ1) is 85.1. The molecule has 8 heterocycles. The lowest BCUT2D eigenvalue weighted by Crippen LogP contribution is -2.14. The van der Waals surface area contributed by atoms with Gasteiger partial charge in [-0.05, 0) is 277 Å². The molecule has 3 aliphatic carbocycles. The van der Waals surface area contributed by atoms with Crippen LogP contribution in [0, 0.1) is 0 Å². The highest BCUT2D eigenvalue weighted by atomic mass is 32.1. The number of hydrogen-bond donors (Lipinski definition) is 0. The topological polar surface area (TPSA) is 42.7 Å². The molecule has 0 amide bonds. The molecule has 30 aromatic rings. The molecular formula is C141H96N6OS. The van der Waals surface area contributed by atoms with Crippen molar-refractivity contribution in [1.82, 2.24) is 27.4 Å². The minimum absolute atomic E-state index is 0.0514. The summed E-state index contributed by atoms with van der Waals surface area (Å²) in [7, 11) is 0. The van der Waals surface area contributed by atoms with E-state index in [4.69, 9.17) is 4.42 Å². The molecule has 0 spiro atoms. The van der Waals surface area contributed by atoms with E-state index in [-0.39, 0.29) is 16.2 Å². The predicted molar refractivity (Wildman–Crippen MR) is 629 cm³/mol. The Labute approximate surface area is 863 Å². The van der Waals surface area contributed by atoms with Crippen LogP contribution in [0.4, 0.5) is 0 Å². The molecule has 3 aliphatic rings. The lowest BCUT2D eigenvalue weighted by Gasteiger charge is -2.21. The van der Waals surface area contributed by atoms with E-state index in [9.17, 15) is 0 Å². The second kappa shape index (κ2) is 31.8. The highest BCUT2D eigenvalue weighted by Gasteiger charge is 2.41. The van der Waals surface area contributed by atoms with Crippen molar-refractivity contribution >= 4 is 184 Å². The fourth-order valence-electron chi connectivity index (χ4n) is 26.5. The van der Waals surface area contributed by atoms with Gasteiger partial charge in [-0.1, -0.05) is 327 Å². The molecular weight excluding hydrogens is 1830 g/mol. The molecule has 0 unspecified atom stereocenters. The molecule has 0 radical (unpaired) electrons. The first-order valence-electron chi connectivity index (χ1n) is 51.9. The van der Waals surface area contributed by atoms with E-state index in [1.165, 1.54) is 258 Å². The number of benzene rings is 22. The van der Waals surface area contributed by atoms with Crippen molar-refractivity contribution in [3.63, 3.8) is 0 Å². The van der Waals surface area contributed by atoms with Crippen LogP contribution in [0.15, 0.2) is 478 Å². The summed E-state index contributed by atoms with van der Waals surface area (Å²) in [6.07, 6.45) is 0. The van der Waals surface area contributed by atoms with Crippen LogP contribution in [0.5, 0.6) is 0 Å². The first-order valence-corrected chi connectivity index (χ1v) is 52.7. The Hall–Kier alpha value is -18.3. The summed E-state index contributed by atoms with van der Waals surface area (Å²) in [6.45, 7) is 14.2. The SMILES string of the molecule is CC1(C)c2ccccc2-c2cc3c4cc(-n5c6ccccc6c6c7oc8ccccc8c7ccc65)ccc4n(-c4ccccc4)c3cc21.CC1(C)c2ccccc2-c2cc3c4cc(-n5c6ccccc6c6c7sc8ccccc8c7ccc65)ccc4n(-c4ccccc4)c3cc21.CC1(C)c2ccccc2-c2cc3c4ccccc4n(-c4ccc(-c5ccc(-c6ccc7c(c6)c6ccccc6n7-c6ccccc6)cc5)cc4)c3cc21. The van der Waals surface area contributed by atoms with Crippen molar-refractivity contribution in [1.29, 1.82) is 0 Å². The molecule has 0 fully saturated rings. The molecule has 0 saturated carbocycles. The second-order valence-electron chi connectivity index (χ2n) is 42.5. The zero-order valence-electron chi connectivity index (χ0n) is 83.0. The van der Waals surface area contributed by atoms with Gasteiger partial charge in [0.15, 0.2) is 0 Å². The van der Waals surface area contributed by atoms with E-state index >= 15 is 0 Å². The van der Waals surface area contributed by atoms with Gasteiger partial charge in [0.25, 0.3) is 0 Å². The van der Waals surface area contributed by atoms with Gasteiger partial charge in [-0.25, -0.2) is 0 Å². The molecule has 22 aromatic carbocycles. The molecule has 0 saturated heterocycles. The molecule has 702 valence electrons.